The average Bonchev–Trinajstić information content (AvgIpc) is 2.86. The highest BCUT2D eigenvalue weighted by molar-refractivity contribution is 6.31. The summed E-state index contributed by atoms with van der Waals surface area (Å²) in [6, 6.07) is 14.3. The first kappa shape index (κ1) is 31.4. The van der Waals surface area contributed by atoms with Crippen LogP contribution in [0.4, 0.5) is 9.59 Å². The van der Waals surface area contributed by atoms with Gasteiger partial charge in [-0.3, -0.25) is 9.59 Å². The summed E-state index contributed by atoms with van der Waals surface area (Å²) in [5.41, 5.74) is 6.29. The second-order valence-corrected chi connectivity index (χ2v) is 10.3. The number of amides is 4. The highest BCUT2D eigenvalue weighted by Gasteiger charge is 2.27. The Bertz CT molecular complexity index is 1110. The Morgan fingerprint density at radius 2 is 1.56 bits per heavy atom. The van der Waals surface area contributed by atoms with E-state index >= 15 is 0 Å². The topological polar surface area (TPSA) is 149 Å². The van der Waals surface area contributed by atoms with Crippen molar-refractivity contribution in [3.63, 3.8) is 0 Å². The van der Waals surface area contributed by atoms with E-state index in [-0.39, 0.29) is 19.4 Å². The number of primary amides is 1. The van der Waals surface area contributed by atoms with Crippen molar-refractivity contribution in [2.24, 2.45) is 5.73 Å². The molecule has 0 saturated heterocycles. The molecule has 2 atom stereocenters. The minimum absolute atomic E-state index is 0.0444. The Labute approximate surface area is 233 Å². The third-order valence-corrected chi connectivity index (χ3v) is 5.82. The van der Waals surface area contributed by atoms with Crippen LogP contribution in [0.1, 0.15) is 51.2 Å². The number of alkyl carbamates (subject to hydrolysis) is 2. The summed E-state index contributed by atoms with van der Waals surface area (Å²) < 4.78 is 10.4. The zero-order valence-electron chi connectivity index (χ0n) is 22.5. The molecule has 0 aliphatic carbocycles. The van der Waals surface area contributed by atoms with Gasteiger partial charge in [0.25, 0.3) is 0 Å². The maximum Gasteiger partial charge on any atom is 0.408 e. The van der Waals surface area contributed by atoms with Crippen LogP contribution in [0.2, 0.25) is 5.02 Å². The molecule has 0 bridgehead atoms. The van der Waals surface area contributed by atoms with Gasteiger partial charge in [0.2, 0.25) is 11.8 Å². The van der Waals surface area contributed by atoms with Gasteiger partial charge in [-0.25, -0.2) is 9.59 Å². The Morgan fingerprint density at radius 1 is 0.897 bits per heavy atom. The van der Waals surface area contributed by atoms with Crippen molar-refractivity contribution in [3.8, 4) is 0 Å². The van der Waals surface area contributed by atoms with Crippen LogP contribution < -0.4 is 21.7 Å². The maximum absolute atomic E-state index is 13.1. The van der Waals surface area contributed by atoms with Gasteiger partial charge in [-0.2, -0.15) is 0 Å². The Balaban J connectivity index is 1.84. The lowest BCUT2D eigenvalue weighted by Gasteiger charge is -2.25. The summed E-state index contributed by atoms with van der Waals surface area (Å²) in [7, 11) is 0. The number of carbonyl (C=O) groups is 4. The minimum atomic E-state index is -0.987. The standard InChI is InChI=1S/C28H37ClN4O6/c1-28(2,3)39-27(37)33-23(17-19-11-5-4-6-12-19)25(35)32-22(24(30)34)15-9-10-16-31-26(36)38-18-20-13-7-8-14-21(20)29/h4-8,11-14,22-23H,9-10,15-18H2,1-3H3,(H2,30,34)(H,31,36)(H,32,35)(H,33,37)/t22-,23-/m0/s1. The fourth-order valence-corrected chi connectivity index (χ4v) is 3.73. The SMILES string of the molecule is CC(C)(C)OC(=O)N[C@@H](Cc1ccccc1)C(=O)N[C@@H](CCCCNC(=O)OCc1ccccc1Cl)C(N)=O. The molecule has 10 nitrogen and oxygen atoms in total. The molecule has 0 heterocycles. The Kier molecular flexibility index (Phi) is 12.6. The number of nitrogens with one attached hydrogen (secondary N) is 3. The molecule has 39 heavy (non-hydrogen) atoms. The molecule has 2 rings (SSSR count). The highest BCUT2D eigenvalue weighted by Crippen LogP contribution is 2.15. The van der Waals surface area contributed by atoms with Crippen LogP contribution in [-0.4, -0.2) is 48.2 Å². The third-order valence-electron chi connectivity index (χ3n) is 5.46. The number of rotatable bonds is 13. The number of ether oxygens (including phenoxy) is 2. The van der Waals surface area contributed by atoms with E-state index < -0.39 is 41.7 Å². The van der Waals surface area contributed by atoms with Crippen LogP contribution in [0.15, 0.2) is 54.6 Å². The molecule has 0 saturated carbocycles. The van der Waals surface area contributed by atoms with E-state index in [1.54, 1.807) is 45.0 Å². The number of unbranched alkanes of at least 4 members (excludes halogenated alkanes) is 1. The molecule has 0 spiro atoms. The van der Waals surface area contributed by atoms with Crippen LogP contribution in [0.25, 0.3) is 0 Å². The van der Waals surface area contributed by atoms with E-state index in [1.165, 1.54) is 0 Å². The minimum Gasteiger partial charge on any atom is -0.445 e. The normalized spacial score (nSPS) is 12.5. The second-order valence-electron chi connectivity index (χ2n) is 9.94. The summed E-state index contributed by atoms with van der Waals surface area (Å²) in [6.07, 6.45) is 0.110. The van der Waals surface area contributed by atoms with Gasteiger partial charge in [0.15, 0.2) is 0 Å². The molecule has 0 radical (unpaired) electrons. The van der Waals surface area contributed by atoms with Crippen molar-refractivity contribution in [1.82, 2.24) is 16.0 Å². The molecule has 212 valence electrons. The predicted octanol–water partition coefficient (Wildman–Crippen LogP) is 3.84. The fraction of sp³-hybridized carbons (Fsp3) is 0.429. The third kappa shape index (κ3) is 12.5. The summed E-state index contributed by atoms with van der Waals surface area (Å²) in [6.45, 7) is 5.50. The van der Waals surface area contributed by atoms with E-state index in [4.69, 9.17) is 26.8 Å². The molecule has 0 aliphatic heterocycles. The van der Waals surface area contributed by atoms with Gasteiger partial charge in [-0.15, -0.1) is 0 Å². The molecule has 0 aliphatic rings. The molecule has 0 unspecified atom stereocenters. The van der Waals surface area contributed by atoms with Gasteiger partial charge in [0, 0.05) is 23.6 Å². The van der Waals surface area contributed by atoms with Crippen LogP contribution in [0, 0.1) is 0 Å². The number of carbonyl (C=O) groups excluding carboxylic acids is 4. The largest absolute Gasteiger partial charge is 0.445 e. The van der Waals surface area contributed by atoms with E-state index in [2.05, 4.69) is 16.0 Å². The van der Waals surface area contributed by atoms with Crippen LogP contribution in [0.3, 0.4) is 0 Å². The molecular formula is C28H37ClN4O6. The van der Waals surface area contributed by atoms with Crippen LogP contribution in [0.5, 0.6) is 0 Å². The first-order valence-electron chi connectivity index (χ1n) is 12.7. The lowest BCUT2D eigenvalue weighted by molar-refractivity contribution is -0.128. The quantitative estimate of drug-likeness (QED) is 0.273. The first-order valence-corrected chi connectivity index (χ1v) is 13.1. The molecule has 5 N–H and O–H groups in total. The Morgan fingerprint density at radius 3 is 2.21 bits per heavy atom. The summed E-state index contributed by atoms with van der Waals surface area (Å²) in [5.74, 6) is -1.26. The van der Waals surface area contributed by atoms with Gasteiger partial charge in [0.1, 0.15) is 24.3 Å². The van der Waals surface area contributed by atoms with Gasteiger partial charge in [0.05, 0.1) is 0 Å². The van der Waals surface area contributed by atoms with Gasteiger partial charge < -0.3 is 31.2 Å². The Hall–Kier alpha value is -3.79. The van der Waals surface area contributed by atoms with Crippen molar-refractivity contribution in [2.45, 2.75) is 70.7 Å². The average molecular weight is 561 g/mol. The molecular weight excluding hydrogens is 524 g/mol. The maximum atomic E-state index is 13.1. The summed E-state index contributed by atoms with van der Waals surface area (Å²) in [4.78, 5) is 49.4. The first-order chi connectivity index (χ1) is 18.4. The smallest absolute Gasteiger partial charge is 0.408 e. The van der Waals surface area contributed by atoms with E-state index in [0.29, 0.717) is 30.0 Å². The number of halogens is 1. The van der Waals surface area contributed by atoms with Crippen molar-refractivity contribution in [3.05, 3.63) is 70.7 Å². The second kappa shape index (κ2) is 15.6. The predicted molar refractivity (Wildman–Crippen MR) is 148 cm³/mol. The fourth-order valence-electron chi connectivity index (χ4n) is 3.54. The number of hydrogen-bond donors (Lipinski definition) is 4. The van der Waals surface area contributed by atoms with Crippen molar-refractivity contribution < 1.29 is 28.7 Å². The monoisotopic (exact) mass is 560 g/mol. The van der Waals surface area contributed by atoms with E-state index in [0.717, 1.165) is 5.56 Å². The molecule has 2 aromatic carbocycles. The molecule has 2 aromatic rings. The molecule has 11 heteroatoms. The zero-order valence-corrected chi connectivity index (χ0v) is 23.3. The van der Waals surface area contributed by atoms with Gasteiger partial charge in [-0.1, -0.05) is 60.1 Å². The van der Waals surface area contributed by atoms with Gasteiger partial charge >= 0.3 is 12.2 Å². The van der Waals surface area contributed by atoms with E-state index in [1.807, 2.05) is 30.3 Å². The zero-order chi connectivity index (χ0) is 28.8. The number of benzene rings is 2. The highest BCUT2D eigenvalue weighted by atomic mass is 35.5. The number of nitrogens with two attached hydrogens (primary N) is 1. The summed E-state index contributed by atoms with van der Waals surface area (Å²) >= 11 is 6.05. The summed E-state index contributed by atoms with van der Waals surface area (Å²) in [5, 5.41) is 8.37. The van der Waals surface area contributed by atoms with E-state index in [9.17, 15) is 19.2 Å². The molecule has 4 amide bonds. The molecule has 0 fully saturated rings. The van der Waals surface area contributed by atoms with Crippen molar-refractivity contribution >= 4 is 35.6 Å². The molecule has 0 aromatic heterocycles. The van der Waals surface area contributed by atoms with Gasteiger partial charge in [-0.05, 0) is 51.7 Å². The lowest BCUT2D eigenvalue weighted by Crippen LogP contribution is -2.54. The number of hydrogen-bond acceptors (Lipinski definition) is 6. The van der Waals surface area contributed by atoms with Crippen molar-refractivity contribution in [2.75, 3.05) is 6.54 Å². The van der Waals surface area contributed by atoms with Crippen LogP contribution in [-0.2, 0) is 32.1 Å². The lowest BCUT2D eigenvalue weighted by atomic mass is 10.0. The van der Waals surface area contributed by atoms with Crippen LogP contribution >= 0.6 is 11.6 Å². The van der Waals surface area contributed by atoms with Crippen molar-refractivity contribution in [1.29, 1.82) is 0 Å².